The molecule has 9 rings (SSSR count). The molecule has 1 atom stereocenters. The Morgan fingerprint density at radius 1 is 0.698 bits per heavy atom. The van der Waals surface area contributed by atoms with E-state index in [9.17, 15) is 0 Å². The summed E-state index contributed by atoms with van der Waals surface area (Å²) in [5, 5.41) is 8.08. The number of rotatable bonds is 4. The van der Waals surface area contributed by atoms with Gasteiger partial charge >= 0.3 is 0 Å². The number of allylic oxidation sites excluding steroid dienone is 3. The molecule has 1 aliphatic heterocycles. The summed E-state index contributed by atoms with van der Waals surface area (Å²) in [6, 6.07) is 38.1. The quantitative estimate of drug-likeness (QED) is 0.217. The summed E-state index contributed by atoms with van der Waals surface area (Å²) in [5.74, 6) is 0.408. The summed E-state index contributed by atoms with van der Waals surface area (Å²) in [4.78, 5) is 2.44. The number of nitrogens with zero attached hydrogens (tertiary/aromatic N) is 1. The van der Waals surface area contributed by atoms with Gasteiger partial charge in [0.1, 0.15) is 11.2 Å². The van der Waals surface area contributed by atoms with Gasteiger partial charge in [0.15, 0.2) is 0 Å². The summed E-state index contributed by atoms with van der Waals surface area (Å²) >= 11 is 0. The van der Waals surface area contributed by atoms with Crippen molar-refractivity contribution in [2.75, 3.05) is 4.90 Å². The van der Waals surface area contributed by atoms with Crippen LogP contribution >= 0.6 is 0 Å². The van der Waals surface area contributed by atoms with Crippen LogP contribution in [0.4, 0.5) is 11.4 Å². The molecule has 0 N–H and O–H groups in total. The maximum Gasteiger partial charge on any atom is 0.143 e. The highest BCUT2D eigenvalue weighted by Crippen LogP contribution is 2.38. The van der Waals surface area contributed by atoms with Crippen molar-refractivity contribution in [2.24, 2.45) is 0 Å². The molecular weight excluding hydrogens is 539 g/mol. The van der Waals surface area contributed by atoms with Gasteiger partial charge < -0.3 is 9.32 Å². The van der Waals surface area contributed by atoms with Crippen LogP contribution in [0.25, 0.3) is 45.2 Å². The third kappa shape index (κ3) is 4.07. The van der Waals surface area contributed by atoms with Gasteiger partial charge in [-0.25, -0.2) is 0 Å². The van der Waals surface area contributed by atoms with Crippen LogP contribution in [-0.2, 0) is 0 Å². The first-order valence-electron chi connectivity index (χ1n) is 15.4. The highest BCUT2D eigenvalue weighted by atomic mass is 28.2. The molecule has 5 aromatic carbocycles. The standard InChI is InChI=1S/C40H31NOSi/c1-2-10-30(11-3-1)41(31-18-16-27(17-19-31)29-15-14-26-8-4-5-9-28(26)24-29)32-20-21-35-38(25-32)43-37-23-22-34-33-12-6-7-13-36(33)42-40(34)39(35)37/h2,4-14,16-25,29H,1,3,15,43H2. The predicted molar refractivity (Wildman–Crippen MR) is 184 cm³/mol. The summed E-state index contributed by atoms with van der Waals surface area (Å²) in [6.45, 7) is 0. The zero-order valence-corrected chi connectivity index (χ0v) is 25.4. The molecule has 0 saturated heterocycles. The minimum Gasteiger partial charge on any atom is -0.455 e. The molecule has 2 aliphatic carbocycles. The molecule has 206 valence electrons. The molecule has 0 bridgehead atoms. The van der Waals surface area contributed by atoms with Crippen molar-refractivity contribution in [3.8, 4) is 11.1 Å². The number of anilines is 2. The minimum absolute atomic E-state index is 0.408. The Hall–Kier alpha value is -4.86. The van der Waals surface area contributed by atoms with E-state index in [-0.39, 0.29) is 0 Å². The number of furan rings is 1. The van der Waals surface area contributed by atoms with Crippen molar-refractivity contribution in [3.05, 3.63) is 143 Å². The fourth-order valence-electron chi connectivity index (χ4n) is 7.29. The number of hydrogen-bond acceptors (Lipinski definition) is 2. The van der Waals surface area contributed by atoms with Crippen LogP contribution in [0, 0.1) is 0 Å². The Morgan fingerprint density at radius 3 is 2.42 bits per heavy atom. The van der Waals surface area contributed by atoms with Gasteiger partial charge in [-0.1, -0.05) is 107 Å². The first-order chi connectivity index (χ1) is 21.3. The lowest BCUT2D eigenvalue weighted by atomic mass is 9.90. The van der Waals surface area contributed by atoms with Crippen LogP contribution in [0.15, 0.2) is 131 Å². The van der Waals surface area contributed by atoms with Crippen molar-refractivity contribution < 1.29 is 4.42 Å². The molecule has 3 aliphatic rings. The molecular formula is C40H31NOSi. The second-order valence-corrected chi connectivity index (χ2v) is 13.8. The monoisotopic (exact) mass is 569 g/mol. The van der Waals surface area contributed by atoms with Gasteiger partial charge in [-0.2, -0.15) is 0 Å². The molecule has 1 aromatic heterocycles. The average Bonchev–Trinajstić information content (AvgIpc) is 3.63. The maximum atomic E-state index is 6.46. The average molecular weight is 570 g/mol. The zero-order chi connectivity index (χ0) is 28.3. The van der Waals surface area contributed by atoms with Gasteiger partial charge in [-0.3, -0.25) is 0 Å². The SMILES string of the molecule is C1=CC(N(c2ccc(C3C=c4ccccc4=CC3)cc2)c2ccc3c(c2)[SiH2]c2ccc4c(oc5ccccc54)c2-3)=CCC1. The van der Waals surface area contributed by atoms with Gasteiger partial charge in [-0.15, -0.1) is 0 Å². The van der Waals surface area contributed by atoms with Gasteiger partial charge in [0.2, 0.25) is 0 Å². The highest BCUT2D eigenvalue weighted by Gasteiger charge is 2.26. The summed E-state index contributed by atoms with van der Waals surface area (Å²) in [7, 11) is -0.621. The third-order valence-electron chi connectivity index (χ3n) is 9.41. The van der Waals surface area contributed by atoms with Gasteiger partial charge in [-0.05, 0) is 77.2 Å². The second kappa shape index (κ2) is 9.86. The Labute approximate surface area is 253 Å². The second-order valence-electron chi connectivity index (χ2n) is 12.0. The number of hydrogen-bond donors (Lipinski definition) is 0. The Kier molecular flexibility index (Phi) is 5.67. The Morgan fingerprint density at radius 2 is 1.53 bits per heavy atom. The predicted octanol–water partition coefficient (Wildman–Crippen LogP) is 6.81. The van der Waals surface area contributed by atoms with Crippen LogP contribution in [0.2, 0.25) is 0 Å². The molecule has 1 unspecified atom stereocenters. The van der Waals surface area contributed by atoms with E-state index < -0.39 is 9.52 Å². The van der Waals surface area contributed by atoms with Crippen LogP contribution in [0.5, 0.6) is 0 Å². The first-order valence-corrected chi connectivity index (χ1v) is 16.8. The number of benzene rings is 5. The van der Waals surface area contributed by atoms with E-state index in [2.05, 4.69) is 138 Å². The molecule has 0 fully saturated rings. The van der Waals surface area contributed by atoms with Crippen molar-refractivity contribution in [1.29, 1.82) is 0 Å². The van der Waals surface area contributed by atoms with Crippen LogP contribution in [0.1, 0.15) is 30.7 Å². The lowest BCUT2D eigenvalue weighted by molar-refractivity contribution is 0.670. The van der Waals surface area contributed by atoms with Crippen molar-refractivity contribution in [1.82, 2.24) is 0 Å². The topological polar surface area (TPSA) is 16.4 Å². The molecule has 3 heteroatoms. The van der Waals surface area contributed by atoms with Gasteiger partial charge in [0.05, 0.1) is 9.52 Å². The lowest BCUT2D eigenvalue weighted by Crippen LogP contribution is -2.27. The Bertz CT molecular complexity index is 2250. The van der Waals surface area contributed by atoms with E-state index in [0.717, 1.165) is 30.4 Å². The summed E-state index contributed by atoms with van der Waals surface area (Å²) in [6.07, 6.45) is 15.0. The molecule has 6 aromatic rings. The van der Waals surface area contributed by atoms with Crippen LogP contribution in [0.3, 0.4) is 0 Å². The Balaban J connectivity index is 1.11. The van der Waals surface area contributed by atoms with Crippen molar-refractivity contribution in [3.63, 3.8) is 0 Å². The first kappa shape index (κ1) is 24.7. The molecule has 2 heterocycles. The number of para-hydroxylation sites is 1. The fourth-order valence-corrected chi connectivity index (χ4v) is 9.26. The smallest absolute Gasteiger partial charge is 0.143 e. The number of fused-ring (bicyclic) bond motifs is 8. The third-order valence-corrected chi connectivity index (χ3v) is 11.3. The molecule has 43 heavy (non-hydrogen) atoms. The molecule has 2 nitrogen and oxygen atoms in total. The van der Waals surface area contributed by atoms with Crippen LogP contribution in [-0.4, -0.2) is 9.52 Å². The van der Waals surface area contributed by atoms with E-state index in [1.807, 2.05) is 0 Å². The zero-order valence-electron chi connectivity index (χ0n) is 24.0. The highest BCUT2D eigenvalue weighted by molar-refractivity contribution is 6.74. The lowest BCUT2D eigenvalue weighted by Gasteiger charge is -2.28. The summed E-state index contributed by atoms with van der Waals surface area (Å²) in [5.41, 5.74) is 9.74. The fraction of sp³-hybridized carbons (Fsp3) is 0.100. The molecule has 0 spiro atoms. The van der Waals surface area contributed by atoms with E-state index in [0.29, 0.717) is 5.92 Å². The molecule has 0 radical (unpaired) electrons. The van der Waals surface area contributed by atoms with E-state index in [1.165, 1.54) is 65.3 Å². The van der Waals surface area contributed by atoms with Crippen molar-refractivity contribution in [2.45, 2.75) is 25.2 Å². The van der Waals surface area contributed by atoms with Crippen molar-refractivity contribution >= 4 is 65.4 Å². The van der Waals surface area contributed by atoms with E-state index >= 15 is 0 Å². The van der Waals surface area contributed by atoms with Crippen LogP contribution < -0.4 is 25.7 Å². The molecule has 0 saturated carbocycles. The minimum atomic E-state index is -0.621. The van der Waals surface area contributed by atoms with E-state index in [4.69, 9.17) is 4.42 Å². The van der Waals surface area contributed by atoms with E-state index in [1.54, 1.807) is 0 Å². The maximum absolute atomic E-state index is 6.46. The van der Waals surface area contributed by atoms with Gasteiger partial charge in [0.25, 0.3) is 0 Å². The van der Waals surface area contributed by atoms with Gasteiger partial charge in [0, 0.05) is 39.3 Å². The summed E-state index contributed by atoms with van der Waals surface area (Å²) < 4.78 is 6.46. The normalized spacial score (nSPS) is 17.2. The molecule has 0 amide bonds. The largest absolute Gasteiger partial charge is 0.455 e.